The Morgan fingerprint density at radius 3 is 2.50 bits per heavy atom. The lowest BCUT2D eigenvalue weighted by Gasteiger charge is -2.08. The zero-order valence-corrected chi connectivity index (χ0v) is 13.3. The summed E-state index contributed by atoms with van der Waals surface area (Å²) in [6, 6.07) is 15.9. The highest BCUT2D eigenvalue weighted by atomic mass is 35.5. The van der Waals surface area contributed by atoms with E-state index in [1.165, 1.54) is 11.1 Å². The quantitative estimate of drug-likeness (QED) is 0.394. The topological polar surface area (TPSA) is 48.2 Å². The van der Waals surface area contributed by atoms with Gasteiger partial charge in [0.25, 0.3) is 0 Å². The second-order valence-electron chi connectivity index (χ2n) is 5.01. The summed E-state index contributed by atoms with van der Waals surface area (Å²) < 4.78 is 0. The molecule has 0 aliphatic rings. The van der Waals surface area contributed by atoms with Crippen molar-refractivity contribution < 1.29 is 0 Å². The van der Waals surface area contributed by atoms with Crippen molar-refractivity contribution in [2.45, 2.75) is 19.8 Å². The van der Waals surface area contributed by atoms with Crippen molar-refractivity contribution in [3.63, 3.8) is 0 Å². The van der Waals surface area contributed by atoms with E-state index < -0.39 is 0 Å². The van der Waals surface area contributed by atoms with Gasteiger partial charge in [-0.2, -0.15) is 5.26 Å². The molecule has 1 N–H and O–H groups in total. The third-order valence-corrected chi connectivity index (χ3v) is 3.83. The number of nitriles is 1. The summed E-state index contributed by atoms with van der Waals surface area (Å²) in [7, 11) is 0. The van der Waals surface area contributed by atoms with Crippen LogP contribution in [-0.4, -0.2) is 12.4 Å². The van der Waals surface area contributed by atoms with Gasteiger partial charge in [-0.1, -0.05) is 54.1 Å². The number of nitrogens with zero attached hydrogens (tertiary/aromatic N) is 2. The average Bonchev–Trinajstić information content (AvgIpc) is 2.51. The Hall–Kier alpha value is -2.31. The fraction of sp³-hybridized carbons (Fsp3) is 0.222. The van der Waals surface area contributed by atoms with Gasteiger partial charge in [-0.25, -0.2) is 0 Å². The highest BCUT2D eigenvalue weighted by Crippen LogP contribution is 2.15. The molecule has 0 amide bonds. The Kier molecular flexibility index (Phi) is 6.00. The molecule has 0 heterocycles. The van der Waals surface area contributed by atoms with Crippen LogP contribution in [-0.2, 0) is 12.8 Å². The molecule has 0 atom stereocenters. The van der Waals surface area contributed by atoms with Crippen molar-refractivity contribution in [3.8, 4) is 6.19 Å². The minimum atomic E-state index is 0.597. The molecule has 2 aromatic carbocycles. The molecular formula is C18H18ClN3. The molecule has 0 aromatic heterocycles. The van der Waals surface area contributed by atoms with Gasteiger partial charge >= 0.3 is 0 Å². The number of hydrogen-bond donors (Lipinski definition) is 1. The van der Waals surface area contributed by atoms with Gasteiger partial charge in [-0.3, -0.25) is 10.3 Å². The van der Waals surface area contributed by atoms with Gasteiger partial charge in [-0.05, 0) is 36.1 Å². The number of aryl methyl sites for hydroxylation is 1. The second-order valence-corrected chi connectivity index (χ2v) is 5.42. The van der Waals surface area contributed by atoms with E-state index in [-0.39, 0.29) is 0 Å². The highest BCUT2D eigenvalue weighted by molar-refractivity contribution is 6.31. The Morgan fingerprint density at radius 1 is 1.14 bits per heavy atom. The van der Waals surface area contributed by atoms with Crippen LogP contribution < -0.4 is 5.32 Å². The summed E-state index contributed by atoms with van der Waals surface area (Å²) in [6.45, 7) is 2.66. The Balaban J connectivity index is 2.03. The molecule has 112 valence electrons. The van der Waals surface area contributed by atoms with E-state index in [9.17, 15) is 0 Å². The standard InChI is InChI=1S/C18H18ClN3/c1-14-6-2-3-8-16(14)12-18(22-13-20)21-11-10-15-7-4-5-9-17(15)19/h2-9H,10-12H2,1H3,(H,21,22). The lowest BCUT2D eigenvalue weighted by molar-refractivity contribution is 0.947. The van der Waals surface area contributed by atoms with Gasteiger partial charge in [0, 0.05) is 18.0 Å². The first-order valence-electron chi connectivity index (χ1n) is 7.17. The molecule has 0 aliphatic heterocycles. The minimum Gasteiger partial charge on any atom is -0.280 e. The van der Waals surface area contributed by atoms with Gasteiger partial charge in [0.05, 0.1) is 0 Å². The van der Waals surface area contributed by atoms with Crippen molar-refractivity contribution in [2.75, 3.05) is 6.54 Å². The molecule has 4 heteroatoms. The molecule has 0 radical (unpaired) electrons. The molecule has 22 heavy (non-hydrogen) atoms. The predicted octanol–water partition coefficient (Wildman–Crippen LogP) is 3.90. The van der Waals surface area contributed by atoms with Crippen LogP contribution in [0.25, 0.3) is 0 Å². The number of nitrogens with one attached hydrogen (secondary N) is 1. The minimum absolute atomic E-state index is 0.597. The molecule has 0 saturated carbocycles. The highest BCUT2D eigenvalue weighted by Gasteiger charge is 2.04. The molecule has 0 fully saturated rings. The fourth-order valence-electron chi connectivity index (χ4n) is 2.21. The molecule has 0 unspecified atom stereocenters. The number of aliphatic imine (C=N–C) groups is 1. The van der Waals surface area contributed by atoms with Crippen LogP contribution in [0.3, 0.4) is 0 Å². The van der Waals surface area contributed by atoms with E-state index in [2.05, 4.69) is 29.4 Å². The number of hydrogen-bond acceptors (Lipinski definition) is 2. The van der Waals surface area contributed by atoms with Crippen LogP contribution >= 0.6 is 11.6 Å². The van der Waals surface area contributed by atoms with Crippen LogP contribution in [0.15, 0.2) is 53.5 Å². The van der Waals surface area contributed by atoms with E-state index in [4.69, 9.17) is 16.9 Å². The van der Waals surface area contributed by atoms with Gasteiger partial charge in [0.1, 0.15) is 5.84 Å². The zero-order valence-electron chi connectivity index (χ0n) is 12.5. The maximum absolute atomic E-state index is 8.88. The van der Waals surface area contributed by atoms with Crippen LogP contribution in [0.2, 0.25) is 5.02 Å². The lowest BCUT2D eigenvalue weighted by atomic mass is 10.1. The third-order valence-electron chi connectivity index (χ3n) is 3.46. The maximum atomic E-state index is 8.88. The van der Waals surface area contributed by atoms with Gasteiger partial charge < -0.3 is 0 Å². The Bertz CT molecular complexity index is 701. The molecule has 0 aliphatic carbocycles. The van der Waals surface area contributed by atoms with Gasteiger partial charge in [-0.15, -0.1) is 0 Å². The average molecular weight is 312 g/mol. The molecular weight excluding hydrogens is 294 g/mol. The number of amidine groups is 1. The number of benzene rings is 2. The molecule has 0 spiro atoms. The van der Waals surface area contributed by atoms with Crippen molar-refractivity contribution in [1.29, 1.82) is 5.26 Å². The lowest BCUT2D eigenvalue weighted by Crippen LogP contribution is -2.21. The van der Waals surface area contributed by atoms with E-state index in [1.54, 1.807) is 0 Å². The second kappa shape index (κ2) is 8.21. The number of halogens is 1. The summed E-state index contributed by atoms with van der Waals surface area (Å²) in [4.78, 5) is 4.51. The number of rotatable bonds is 5. The summed E-state index contributed by atoms with van der Waals surface area (Å²) in [6.07, 6.45) is 3.34. The van der Waals surface area contributed by atoms with E-state index >= 15 is 0 Å². The van der Waals surface area contributed by atoms with Crippen LogP contribution in [0.5, 0.6) is 0 Å². The molecule has 0 saturated heterocycles. The molecule has 0 bridgehead atoms. The van der Waals surface area contributed by atoms with E-state index in [0.29, 0.717) is 18.8 Å². The maximum Gasteiger partial charge on any atom is 0.182 e. The molecule has 3 nitrogen and oxygen atoms in total. The van der Waals surface area contributed by atoms with Crippen LogP contribution in [0.4, 0.5) is 0 Å². The van der Waals surface area contributed by atoms with Crippen molar-refractivity contribution in [2.24, 2.45) is 4.99 Å². The fourth-order valence-corrected chi connectivity index (χ4v) is 2.44. The molecule has 2 rings (SSSR count). The van der Waals surface area contributed by atoms with Gasteiger partial charge in [0.15, 0.2) is 6.19 Å². The zero-order chi connectivity index (χ0) is 15.8. The monoisotopic (exact) mass is 311 g/mol. The summed E-state index contributed by atoms with van der Waals surface area (Å²) in [5.74, 6) is 0.684. The summed E-state index contributed by atoms with van der Waals surface area (Å²) in [5.41, 5.74) is 3.43. The van der Waals surface area contributed by atoms with Crippen molar-refractivity contribution in [1.82, 2.24) is 5.32 Å². The summed E-state index contributed by atoms with van der Waals surface area (Å²) >= 11 is 6.13. The Labute approximate surface area is 136 Å². The smallest absolute Gasteiger partial charge is 0.182 e. The van der Waals surface area contributed by atoms with Crippen LogP contribution in [0.1, 0.15) is 16.7 Å². The van der Waals surface area contributed by atoms with E-state index in [1.807, 2.05) is 42.6 Å². The predicted molar refractivity (Wildman–Crippen MR) is 91.1 cm³/mol. The first-order valence-corrected chi connectivity index (χ1v) is 7.55. The largest absolute Gasteiger partial charge is 0.280 e. The first kappa shape index (κ1) is 16.1. The Morgan fingerprint density at radius 2 is 1.82 bits per heavy atom. The third kappa shape index (κ3) is 4.61. The van der Waals surface area contributed by atoms with Gasteiger partial charge in [0.2, 0.25) is 0 Å². The van der Waals surface area contributed by atoms with Crippen LogP contribution in [0, 0.1) is 18.4 Å². The van der Waals surface area contributed by atoms with E-state index in [0.717, 1.165) is 17.0 Å². The van der Waals surface area contributed by atoms with Crippen molar-refractivity contribution in [3.05, 3.63) is 70.2 Å². The summed E-state index contributed by atoms with van der Waals surface area (Å²) in [5, 5.41) is 12.3. The SMILES string of the molecule is Cc1ccccc1CC(=NCCc1ccccc1Cl)NC#N. The first-order chi connectivity index (χ1) is 10.7. The normalized spacial score (nSPS) is 11.0. The molecule has 2 aromatic rings. The van der Waals surface area contributed by atoms with Crippen molar-refractivity contribution >= 4 is 17.4 Å².